The zero-order valence-corrected chi connectivity index (χ0v) is 17.6. The molecule has 1 aliphatic rings. The maximum absolute atomic E-state index is 12.9. The van der Waals surface area contributed by atoms with Crippen LogP contribution in [-0.2, 0) is 28.9 Å². The fourth-order valence-electron chi connectivity index (χ4n) is 3.76. The fraction of sp³-hybridized carbons (Fsp3) is 0.435. The highest BCUT2D eigenvalue weighted by Crippen LogP contribution is 2.21. The Morgan fingerprint density at radius 2 is 1.97 bits per heavy atom. The lowest BCUT2D eigenvalue weighted by atomic mass is 9.96. The van der Waals surface area contributed by atoms with Gasteiger partial charge in [-0.2, -0.15) is 0 Å². The Bertz CT molecular complexity index is 950. The first-order valence-corrected chi connectivity index (χ1v) is 10.4. The molecule has 0 atom stereocenters. The predicted molar refractivity (Wildman–Crippen MR) is 116 cm³/mol. The van der Waals surface area contributed by atoms with E-state index >= 15 is 0 Å². The molecule has 2 amide bonds. The number of aryl methyl sites for hydroxylation is 1. The number of H-pyrrole nitrogens is 1. The van der Waals surface area contributed by atoms with Crippen LogP contribution in [0.25, 0.3) is 0 Å². The highest BCUT2D eigenvalue weighted by molar-refractivity contribution is 6.05. The highest BCUT2D eigenvalue weighted by atomic mass is 16.5. The zero-order valence-electron chi connectivity index (χ0n) is 17.6. The molecule has 0 unspecified atom stereocenters. The third-order valence-electron chi connectivity index (χ3n) is 5.42. The third kappa shape index (κ3) is 5.16. The molecular formula is C23H29N3O4. The molecule has 0 spiro atoms. The number of hydrogen-bond donors (Lipinski definition) is 2. The summed E-state index contributed by atoms with van der Waals surface area (Å²) in [5.41, 5.74) is 3.08. The number of carbonyl (C=O) groups is 2. The smallest absolute Gasteiger partial charge is 0.261 e. The molecule has 0 fully saturated rings. The molecule has 0 radical (unpaired) electrons. The van der Waals surface area contributed by atoms with E-state index in [0.717, 1.165) is 18.4 Å². The molecule has 7 heteroatoms. The van der Waals surface area contributed by atoms with Crippen LogP contribution in [-0.4, -0.2) is 42.0 Å². The van der Waals surface area contributed by atoms with Crippen molar-refractivity contribution in [1.29, 1.82) is 0 Å². The Morgan fingerprint density at radius 3 is 2.67 bits per heavy atom. The Labute approximate surface area is 176 Å². The lowest BCUT2D eigenvalue weighted by Gasteiger charge is -2.29. The number of nitrogens with zero attached hydrogens (tertiary/aromatic N) is 1. The van der Waals surface area contributed by atoms with Crippen molar-refractivity contribution in [2.45, 2.75) is 45.6 Å². The molecule has 0 saturated heterocycles. The molecule has 2 N–H and O–H groups in total. The number of unbranched alkanes of at least 4 members (excludes halogenated alkanes) is 2. The summed E-state index contributed by atoms with van der Waals surface area (Å²) >= 11 is 0. The van der Waals surface area contributed by atoms with Gasteiger partial charge in [0.05, 0.1) is 0 Å². The lowest BCUT2D eigenvalue weighted by Crippen LogP contribution is -2.40. The van der Waals surface area contributed by atoms with Gasteiger partial charge in [-0.3, -0.25) is 14.4 Å². The minimum Gasteiger partial charge on any atom is -0.375 e. The van der Waals surface area contributed by atoms with Crippen LogP contribution in [0.15, 0.2) is 35.3 Å². The van der Waals surface area contributed by atoms with Crippen LogP contribution < -0.4 is 10.9 Å². The molecule has 1 aliphatic heterocycles. The first-order chi connectivity index (χ1) is 14.5. The van der Waals surface area contributed by atoms with Crippen molar-refractivity contribution in [3.05, 3.63) is 63.1 Å². The topological polar surface area (TPSA) is 91.5 Å². The normalized spacial score (nSPS) is 13.1. The van der Waals surface area contributed by atoms with Gasteiger partial charge in [-0.15, -0.1) is 0 Å². The summed E-state index contributed by atoms with van der Waals surface area (Å²) in [4.78, 5) is 41.7. The number of hydrogen-bond acceptors (Lipinski definition) is 4. The fourth-order valence-corrected chi connectivity index (χ4v) is 3.76. The van der Waals surface area contributed by atoms with Gasteiger partial charge < -0.3 is 19.9 Å². The monoisotopic (exact) mass is 411 g/mol. The molecule has 7 nitrogen and oxygen atoms in total. The molecule has 0 saturated carbocycles. The molecule has 30 heavy (non-hydrogen) atoms. The summed E-state index contributed by atoms with van der Waals surface area (Å²) < 4.78 is 4.91. The standard InChI is InChI=1S/C23H29N3O4/c1-3-4-5-6-16-7-9-18(10-8-16)25-23(29)21-19-11-12-26(20(27)15-30-2)14-17(19)13-24-22(21)28/h7-10,13H,3-6,11-12,14-15H2,1-2H3,(H,24,28)(H,25,29). The minimum absolute atomic E-state index is 0.0144. The molecule has 1 aromatic heterocycles. The van der Waals surface area contributed by atoms with E-state index in [1.807, 2.05) is 24.3 Å². The zero-order chi connectivity index (χ0) is 21.5. The van der Waals surface area contributed by atoms with Crippen LogP contribution in [0.2, 0.25) is 0 Å². The second-order valence-corrected chi connectivity index (χ2v) is 7.60. The van der Waals surface area contributed by atoms with E-state index in [2.05, 4.69) is 17.2 Å². The molecule has 2 heterocycles. The van der Waals surface area contributed by atoms with Gasteiger partial charge in [-0.05, 0) is 48.1 Å². The SMILES string of the molecule is CCCCCc1ccc(NC(=O)c2c3c(c[nH]c2=O)CN(C(=O)COC)CC3)cc1. The largest absolute Gasteiger partial charge is 0.375 e. The summed E-state index contributed by atoms with van der Waals surface area (Å²) in [6.07, 6.45) is 6.60. The number of anilines is 1. The number of amides is 2. The second-order valence-electron chi connectivity index (χ2n) is 7.60. The number of fused-ring (bicyclic) bond motifs is 1. The summed E-state index contributed by atoms with van der Waals surface area (Å²) in [5, 5.41) is 2.84. The van der Waals surface area contributed by atoms with Crippen molar-refractivity contribution in [3.8, 4) is 0 Å². The number of aromatic nitrogens is 1. The average molecular weight is 412 g/mol. The Balaban J connectivity index is 1.73. The molecule has 0 aliphatic carbocycles. The van der Waals surface area contributed by atoms with Gasteiger partial charge in [-0.25, -0.2) is 0 Å². The highest BCUT2D eigenvalue weighted by Gasteiger charge is 2.26. The van der Waals surface area contributed by atoms with Gasteiger partial charge in [0.15, 0.2) is 0 Å². The van der Waals surface area contributed by atoms with E-state index in [9.17, 15) is 14.4 Å². The van der Waals surface area contributed by atoms with Crippen LogP contribution in [0.1, 0.15) is 53.2 Å². The van der Waals surface area contributed by atoms with Gasteiger partial charge in [0.2, 0.25) is 5.91 Å². The summed E-state index contributed by atoms with van der Waals surface area (Å²) in [7, 11) is 1.48. The van der Waals surface area contributed by atoms with Gasteiger partial charge in [0.1, 0.15) is 12.2 Å². The van der Waals surface area contributed by atoms with Crippen molar-refractivity contribution in [3.63, 3.8) is 0 Å². The lowest BCUT2D eigenvalue weighted by molar-refractivity contribution is -0.136. The first kappa shape index (κ1) is 21.8. The molecule has 1 aromatic carbocycles. The summed E-state index contributed by atoms with van der Waals surface area (Å²) in [5.74, 6) is -0.539. The van der Waals surface area contributed by atoms with Crippen molar-refractivity contribution >= 4 is 17.5 Å². The summed E-state index contributed by atoms with van der Waals surface area (Å²) in [6.45, 7) is 2.99. The van der Waals surface area contributed by atoms with E-state index in [1.165, 1.54) is 25.5 Å². The third-order valence-corrected chi connectivity index (χ3v) is 5.42. The quantitative estimate of drug-likeness (QED) is 0.654. The molecule has 0 bridgehead atoms. The first-order valence-electron chi connectivity index (χ1n) is 10.4. The van der Waals surface area contributed by atoms with E-state index in [4.69, 9.17) is 4.74 Å². The van der Waals surface area contributed by atoms with Crippen LogP contribution in [0.4, 0.5) is 5.69 Å². The van der Waals surface area contributed by atoms with Crippen molar-refractivity contribution in [1.82, 2.24) is 9.88 Å². The minimum atomic E-state index is -0.427. The number of ether oxygens (including phenoxy) is 1. The molecule has 160 valence electrons. The Morgan fingerprint density at radius 1 is 1.20 bits per heavy atom. The Kier molecular flexibility index (Phi) is 7.41. The summed E-state index contributed by atoms with van der Waals surface area (Å²) in [6, 6.07) is 7.76. The number of methoxy groups -OCH3 is 1. The molecule has 2 aromatic rings. The van der Waals surface area contributed by atoms with Crippen LogP contribution in [0.3, 0.4) is 0 Å². The van der Waals surface area contributed by atoms with Gasteiger partial charge in [0.25, 0.3) is 11.5 Å². The maximum Gasteiger partial charge on any atom is 0.261 e. The van der Waals surface area contributed by atoms with Crippen molar-refractivity contribution in [2.75, 3.05) is 25.6 Å². The predicted octanol–water partition coefficient (Wildman–Crippen LogP) is 2.89. The van der Waals surface area contributed by atoms with Gasteiger partial charge in [-0.1, -0.05) is 31.9 Å². The number of carbonyl (C=O) groups excluding carboxylic acids is 2. The number of benzene rings is 1. The van der Waals surface area contributed by atoms with Gasteiger partial charge >= 0.3 is 0 Å². The van der Waals surface area contributed by atoms with E-state index in [0.29, 0.717) is 30.8 Å². The number of pyridine rings is 1. The van der Waals surface area contributed by atoms with Crippen LogP contribution in [0, 0.1) is 0 Å². The number of nitrogens with one attached hydrogen (secondary N) is 2. The Hall–Kier alpha value is -2.93. The van der Waals surface area contributed by atoms with E-state index < -0.39 is 11.5 Å². The van der Waals surface area contributed by atoms with Crippen molar-refractivity contribution < 1.29 is 14.3 Å². The molecule has 3 rings (SSSR count). The van der Waals surface area contributed by atoms with Crippen LogP contribution >= 0.6 is 0 Å². The van der Waals surface area contributed by atoms with Crippen LogP contribution in [0.5, 0.6) is 0 Å². The number of aromatic amines is 1. The van der Waals surface area contributed by atoms with Gasteiger partial charge in [0, 0.05) is 32.1 Å². The van der Waals surface area contributed by atoms with E-state index in [1.54, 1.807) is 11.1 Å². The molecular weight excluding hydrogens is 382 g/mol. The maximum atomic E-state index is 12.9. The second kappa shape index (κ2) is 10.2. The van der Waals surface area contributed by atoms with Crippen molar-refractivity contribution in [2.24, 2.45) is 0 Å². The number of rotatable bonds is 8. The van der Waals surface area contributed by atoms with E-state index in [-0.39, 0.29) is 18.1 Å². The average Bonchev–Trinajstić information content (AvgIpc) is 2.74.